The van der Waals surface area contributed by atoms with Crippen molar-refractivity contribution in [1.82, 2.24) is 24.3 Å². The zero-order valence-electron chi connectivity index (χ0n) is 24.4. The fourth-order valence-corrected chi connectivity index (χ4v) is 5.05. The highest BCUT2D eigenvalue weighted by Crippen LogP contribution is 2.38. The molecule has 214 valence electrons. The number of amides is 1. The number of ether oxygens (including phenoxy) is 1. The average molecular weight is 555 g/mol. The number of carbonyl (C=O) groups is 1. The number of methoxy groups -OCH3 is 1. The molecule has 41 heavy (non-hydrogen) atoms. The van der Waals surface area contributed by atoms with Gasteiger partial charge in [0.2, 0.25) is 11.9 Å². The molecule has 3 heterocycles. The predicted octanol–water partition coefficient (Wildman–Crippen LogP) is 4.20. The molecule has 2 aromatic heterocycles. The molecule has 2 aromatic carbocycles. The molecule has 1 fully saturated rings. The van der Waals surface area contributed by atoms with Crippen LogP contribution in [0.3, 0.4) is 0 Å². The molecule has 10 heteroatoms. The van der Waals surface area contributed by atoms with E-state index in [1.807, 2.05) is 62.5 Å². The number of piperazine rings is 1. The van der Waals surface area contributed by atoms with Gasteiger partial charge in [0.05, 0.1) is 29.9 Å². The molecule has 0 saturated carbocycles. The van der Waals surface area contributed by atoms with Gasteiger partial charge in [-0.25, -0.2) is 9.97 Å². The summed E-state index contributed by atoms with van der Waals surface area (Å²) in [5.41, 5.74) is 5.08. The van der Waals surface area contributed by atoms with Gasteiger partial charge in [-0.1, -0.05) is 24.3 Å². The third-order valence-electron chi connectivity index (χ3n) is 7.36. The topological polar surface area (TPSA) is 90.8 Å². The van der Waals surface area contributed by atoms with E-state index in [1.165, 1.54) is 0 Å². The van der Waals surface area contributed by atoms with Crippen LogP contribution in [0.2, 0.25) is 0 Å². The number of fused-ring (bicyclic) bond motifs is 1. The number of hydrogen-bond donors (Lipinski definition) is 2. The number of hydrogen-bond acceptors (Lipinski definition) is 8. The van der Waals surface area contributed by atoms with Crippen LogP contribution in [0.15, 0.2) is 67.0 Å². The summed E-state index contributed by atoms with van der Waals surface area (Å²) in [5.74, 6) is 0.847. The Morgan fingerprint density at radius 3 is 2.61 bits per heavy atom. The van der Waals surface area contributed by atoms with Crippen LogP contribution < -0.4 is 20.3 Å². The Balaban J connectivity index is 1.37. The predicted molar refractivity (Wildman–Crippen MR) is 166 cm³/mol. The van der Waals surface area contributed by atoms with E-state index in [-0.39, 0.29) is 5.91 Å². The normalized spacial score (nSPS) is 14.5. The second-order valence-corrected chi connectivity index (χ2v) is 10.5. The third-order valence-corrected chi connectivity index (χ3v) is 7.36. The van der Waals surface area contributed by atoms with Crippen LogP contribution in [0.1, 0.15) is 0 Å². The van der Waals surface area contributed by atoms with E-state index < -0.39 is 0 Å². The minimum absolute atomic E-state index is 0.187. The number of likely N-dealkylation sites (N-methyl/N-ethyl adjacent to an activating group) is 1. The maximum atomic E-state index is 12.9. The van der Waals surface area contributed by atoms with E-state index in [2.05, 4.69) is 55.4 Å². The molecule has 0 spiro atoms. The Labute approximate surface area is 241 Å². The number of aryl methyl sites for hydroxylation is 1. The number of para-hydroxylation sites is 1. The SMILES string of the molecule is COc1cc(N(C)C)c(NC(=O)/C=C/CN2CCN(C)CC2)cc1Nc1nccc(-c2cn(C)c3ccccc23)n1. The molecule has 1 aliphatic heterocycles. The van der Waals surface area contributed by atoms with Gasteiger partial charge in [-0.15, -0.1) is 0 Å². The molecule has 1 saturated heterocycles. The largest absolute Gasteiger partial charge is 0.494 e. The van der Waals surface area contributed by atoms with Crippen molar-refractivity contribution in [1.29, 1.82) is 0 Å². The first-order valence-corrected chi connectivity index (χ1v) is 13.7. The molecule has 4 aromatic rings. The lowest BCUT2D eigenvalue weighted by Crippen LogP contribution is -2.44. The van der Waals surface area contributed by atoms with E-state index in [4.69, 9.17) is 9.72 Å². The Kier molecular flexibility index (Phi) is 8.51. The molecule has 0 aliphatic carbocycles. The van der Waals surface area contributed by atoms with Gasteiger partial charge in [-0.05, 0) is 25.2 Å². The smallest absolute Gasteiger partial charge is 0.248 e. The van der Waals surface area contributed by atoms with Crippen LogP contribution in [-0.2, 0) is 11.8 Å². The van der Waals surface area contributed by atoms with Gasteiger partial charge in [0.15, 0.2) is 0 Å². The van der Waals surface area contributed by atoms with Crippen molar-refractivity contribution < 1.29 is 9.53 Å². The number of rotatable bonds is 9. The van der Waals surface area contributed by atoms with Crippen molar-refractivity contribution >= 4 is 39.8 Å². The second-order valence-electron chi connectivity index (χ2n) is 10.5. The van der Waals surface area contributed by atoms with Gasteiger partial charge in [0.1, 0.15) is 5.75 Å². The van der Waals surface area contributed by atoms with Crippen LogP contribution in [-0.4, -0.2) is 91.2 Å². The van der Waals surface area contributed by atoms with Gasteiger partial charge >= 0.3 is 0 Å². The first-order chi connectivity index (χ1) is 19.8. The van der Waals surface area contributed by atoms with Crippen molar-refractivity contribution in [3.63, 3.8) is 0 Å². The third kappa shape index (κ3) is 6.50. The number of carbonyl (C=O) groups excluding carboxylic acids is 1. The first-order valence-electron chi connectivity index (χ1n) is 13.7. The van der Waals surface area contributed by atoms with Crippen molar-refractivity contribution in [2.75, 3.05) is 76.5 Å². The zero-order valence-corrected chi connectivity index (χ0v) is 24.4. The number of nitrogens with one attached hydrogen (secondary N) is 2. The summed E-state index contributed by atoms with van der Waals surface area (Å²) in [6.45, 7) is 4.85. The summed E-state index contributed by atoms with van der Waals surface area (Å²) >= 11 is 0. The minimum atomic E-state index is -0.187. The molecular weight excluding hydrogens is 516 g/mol. The molecular formula is C31H38N8O2. The molecule has 1 amide bonds. The number of benzene rings is 2. The lowest BCUT2D eigenvalue weighted by atomic mass is 10.1. The summed E-state index contributed by atoms with van der Waals surface area (Å²) in [7, 11) is 9.64. The van der Waals surface area contributed by atoms with Crippen LogP contribution >= 0.6 is 0 Å². The van der Waals surface area contributed by atoms with Crippen molar-refractivity contribution in [3.05, 3.63) is 67.0 Å². The molecule has 0 bridgehead atoms. The summed E-state index contributed by atoms with van der Waals surface area (Å²) in [6, 6.07) is 13.9. The summed E-state index contributed by atoms with van der Waals surface area (Å²) in [4.78, 5) is 28.8. The van der Waals surface area contributed by atoms with Crippen LogP contribution in [0.5, 0.6) is 5.75 Å². The Bertz CT molecular complexity index is 1550. The van der Waals surface area contributed by atoms with E-state index in [0.717, 1.165) is 60.6 Å². The summed E-state index contributed by atoms with van der Waals surface area (Å²) in [6.07, 6.45) is 7.34. The Morgan fingerprint density at radius 2 is 1.85 bits per heavy atom. The maximum absolute atomic E-state index is 12.9. The van der Waals surface area contributed by atoms with Crippen molar-refractivity contribution in [2.45, 2.75) is 0 Å². The standard InChI is InChI=1S/C31H38N8O2/c1-36(2)28-20-29(41-5)26(19-25(28)33-30(40)11-8-14-39-17-15-37(3)16-18-39)35-31-32-13-12-24(34-31)23-21-38(4)27-10-7-6-9-22(23)27/h6-13,19-21H,14-18H2,1-5H3,(H,33,40)(H,32,34,35)/b11-8+. The van der Waals surface area contributed by atoms with E-state index >= 15 is 0 Å². The minimum Gasteiger partial charge on any atom is -0.494 e. The summed E-state index contributed by atoms with van der Waals surface area (Å²) in [5, 5.41) is 7.47. The monoisotopic (exact) mass is 554 g/mol. The number of nitrogens with zero attached hydrogens (tertiary/aromatic N) is 6. The lowest BCUT2D eigenvalue weighted by molar-refractivity contribution is -0.111. The number of aromatic nitrogens is 3. The van der Waals surface area contributed by atoms with Gasteiger partial charge < -0.3 is 29.7 Å². The Morgan fingerprint density at radius 1 is 1.07 bits per heavy atom. The molecule has 5 rings (SSSR count). The lowest BCUT2D eigenvalue weighted by Gasteiger charge is -2.31. The van der Waals surface area contributed by atoms with Gasteiger partial charge in [0.25, 0.3) is 0 Å². The highest BCUT2D eigenvalue weighted by atomic mass is 16.5. The van der Waals surface area contributed by atoms with E-state index in [0.29, 0.717) is 23.1 Å². The van der Waals surface area contributed by atoms with Crippen LogP contribution in [0.4, 0.5) is 23.0 Å². The highest BCUT2D eigenvalue weighted by Gasteiger charge is 2.17. The first kappa shape index (κ1) is 28.1. The zero-order chi connectivity index (χ0) is 28.9. The van der Waals surface area contributed by atoms with Gasteiger partial charge in [-0.3, -0.25) is 9.69 Å². The fraction of sp³-hybridized carbons (Fsp3) is 0.323. The van der Waals surface area contributed by atoms with Gasteiger partial charge in [0, 0.05) is 94.9 Å². The van der Waals surface area contributed by atoms with Crippen LogP contribution in [0, 0.1) is 0 Å². The highest BCUT2D eigenvalue weighted by molar-refractivity contribution is 6.02. The molecule has 10 nitrogen and oxygen atoms in total. The molecule has 1 aliphatic rings. The quantitative estimate of drug-likeness (QED) is 0.298. The summed E-state index contributed by atoms with van der Waals surface area (Å²) < 4.78 is 7.79. The molecule has 0 unspecified atom stereocenters. The molecule has 2 N–H and O–H groups in total. The van der Waals surface area contributed by atoms with Crippen molar-refractivity contribution in [3.8, 4) is 17.0 Å². The van der Waals surface area contributed by atoms with Crippen molar-refractivity contribution in [2.24, 2.45) is 7.05 Å². The molecule has 0 atom stereocenters. The number of anilines is 4. The molecule has 0 radical (unpaired) electrons. The Hall–Kier alpha value is -4.41. The average Bonchev–Trinajstić information content (AvgIpc) is 3.31. The van der Waals surface area contributed by atoms with E-state index in [9.17, 15) is 4.79 Å². The fourth-order valence-electron chi connectivity index (χ4n) is 5.05. The van der Waals surface area contributed by atoms with E-state index in [1.54, 1.807) is 19.4 Å². The maximum Gasteiger partial charge on any atom is 0.248 e. The second kappa shape index (κ2) is 12.4. The van der Waals surface area contributed by atoms with Gasteiger partial charge in [-0.2, -0.15) is 0 Å². The van der Waals surface area contributed by atoms with Crippen LogP contribution in [0.25, 0.3) is 22.2 Å².